The van der Waals surface area contributed by atoms with E-state index < -0.39 is 8.60 Å². The van der Waals surface area contributed by atoms with Gasteiger partial charge in [-0.25, -0.2) is 0 Å². The van der Waals surface area contributed by atoms with Crippen LogP contribution in [0, 0.1) is 0 Å². The van der Waals surface area contributed by atoms with E-state index in [9.17, 15) is 0 Å². The molecule has 0 spiro atoms. The van der Waals surface area contributed by atoms with Gasteiger partial charge in [0.2, 0.25) is 0 Å². The van der Waals surface area contributed by atoms with Gasteiger partial charge in [-0.2, -0.15) is 0 Å². The summed E-state index contributed by atoms with van der Waals surface area (Å²) in [4.78, 5) is 17.3. The lowest BCUT2D eigenvalue weighted by Crippen LogP contribution is -2.03. The summed E-state index contributed by atoms with van der Waals surface area (Å²) in [5.74, 6) is 0. The van der Waals surface area contributed by atoms with E-state index in [1.165, 1.54) is 44.9 Å². The van der Waals surface area contributed by atoms with Crippen molar-refractivity contribution in [3.63, 3.8) is 0 Å². The number of unbranched alkanes of at least 4 members (excludes halogenated alkanes) is 7. The maximum atomic E-state index is 8.64. The quantitative estimate of drug-likeness (QED) is 0.428. The van der Waals surface area contributed by atoms with Crippen molar-refractivity contribution in [2.24, 2.45) is 0 Å². The predicted molar refractivity (Wildman–Crippen MR) is 69.1 cm³/mol. The van der Waals surface area contributed by atoms with Crippen molar-refractivity contribution in [1.82, 2.24) is 0 Å². The van der Waals surface area contributed by atoms with Gasteiger partial charge in [-0.05, 0) is 13.3 Å². The van der Waals surface area contributed by atoms with Crippen LogP contribution in [0.5, 0.6) is 0 Å². The average molecular weight is 250 g/mol. The van der Waals surface area contributed by atoms with Gasteiger partial charge in [0.1, 0.15) is 0 Å². The van der Waals surface area contributed by atoms with E-state index in [4.69, 9.17) is 14.3 Å². The third-order valence-electron chi connectivity index (χ3n) is 2.74. The summed E-state index contributed by atoms with van der Waals surface area (Å²) in [6.45, 7) is 4.13. The minimum absolute atomic E-state index is 0.0267. The van der Waals surface area contributed by atoms with Gasteiger partial charge in [0.25, 0.3) is 0 Å². The fourth-order valence-electron chi connectivity index (χ4n) is 1.78. The van der Waals surface area contributed by atoms with Crippen LogP contribution in [0.2, 0.25) is 0 Å². The standard InChI is InChI=1S/C12H27O3P/c1-3-4-5-6-7-8-9-10-11-12(2)15-16(13)14/h12-14H,3-11H2,1-2H3. The van der Waals surface area contributed by atoms with E-state index in [0.717, 1.165) is 12.8 Å². The molecule has 0 aromatic rings. The molecule has 0 aromatic heterocycles. The van der Waals surface area contributed by atoms with Gasteiger partial charge in [-0.1, -0.05) is 58.3 Å². The average Bonchev–Trinajstić information content (AvgIpc) is 2.21. The zero-order valence-corrected chi connectivity index (χ0v) is 11.6. The van der Waals surface area contributed by atoms with Crippen molar-refractivity contribution in [3.8, 4) is 0 Å². The lowest BCUT2D eigenvalue weighted by Gasteiger charge is -2.12. The molecule has 0 radical (unpaired) electrons. The monoisotopic (exact) mass is 250 g/mol. The zero-order valence-electron chi connectivity index (χ0n) is 10.7. The van der Waals surface area contributed by atoms with E-state index in [2.05, 4.69) is 6.92 Å². The molecular weight excluding hydrogens is 223 g/mol. The van der Waals surface area contributed by atoms with Crippen LogP contribution < -0.4 is 0 Å². The van der Waals surface area contributed by atoms with E-state index in [1.807, 2.05) is 6.92 Å². The molecule has 1 atom stereocenters. The Morgan fingerprint density at radius 3 is 1.94 bits per heavy atom. The molecule has 98 valence electrons. The van der Waals surface area contributed by atoms with Gasteiger partial charge >= 0.3 is 8.60 Å². The first-order valence-corrected chi connectivity index (χ1v) is 7.68. The Labute approximate surface area is 101 Å². The molecule has 2 N–H and O–H groups in total. The van der Waals surface area contributed by atoms with Crippen molar-refractivity contribution in [2.75, 3.05) is 0 Å². The minimum Gasteiger partial charge on any atom is -0.328 e. The lowest BCUT2D eigenvalue weighted by atomic mass is 10.1. The van der Waals surface area contributed by atoms with Gasteiger partial charge in [0.15, 0.2) is 0 Å². The van der Waals surface area contributed by atoms with Gasteiger partial charge in [0.05, 0.1) is 6.10 Å². The Morgan fingerprint density at radius 1 is 0.938 bits per heavy atom. The second kappa shape index (κ2) is 11.8. The SMILES string of the molecule is CCCCCCCCCCC(C)OP(O)O. The maximum absolute atomic E-state index is 8.64. The summed E-state index contributed by atoms with van der Waals surface area (Å²) in [7, 11) is -2.17. The molecule has 0 aromatic carbocycles. The van der Waals surface area contributed by atoms with Gasteiger partial charge in [-0.15, -0.1) is 0 Å². The highest BCUT2D eigenvalue weighted by molar-refractivity contribution is 7.39. The van der Waals surface area contributed by atoms with Gasteiger partial charge < -0.3 is 14.3 Å². The Bertz CT molecular complexity index is 142. The van der Waals surface area contributed by atoms with Crippen LogP contribution in [0.25, 0.3) is 0 Å². The topological polar surface area (TPSA) is 49.7 Å². The molecule has 0 saturated heterocycles. The van der Waals surface area contributed by atoms with Crippen molar-refractivity contribution in [3.05, 3.63) is 0 Å². The highest BCUT2D eigenvalue weighted by Gasteiger charge is 2.07. The molecule has 0 aliphatic heterocycles. The van der Waals surface area contributed by atoms with Crippen molar-refractivity contribution < 1.29 is 14.3 Å². The van der Waals surface area contributed by atoms with Crippen molar-refractivity contribution in [1.29, 1.82) is 0 Å². The number of hydrogen-bond acceptors (Lipinski definition) is 3. The summed E-state index contributed by atoms with van der Waals surface area (Å²) >= 11 is 0. The molecule has 16 heavy (non-hydrogen) atoms. The second-order valence-electron chi connectivity index (χ2n) is 4.43. The zero-order chi connectivity index (χ0) is 12.2. The molecule has 0 saturated carbocycles. The molecular formula is C12H27O3P. The molecule has 3 nitrogen and oxygen atoms in total. The lowest BCUT2D eigenvalue weighted by molar-refractivity contribution is 0.174. The van der Waals surface area contributed by atoms with E-state index in [-0.39, 0.29) is 6.10 Å². The van der Waals surface area contributed by atoms with E-state index in [0.29, 0.717) is 0 Å². The molecule has 4 heteroatoms. The fourth-order valence-corrected chi connectivity index (χ4v) is 2.21. The number of rotatable bonds is 11. The highest BCUT2D eigenvalue weighted by atomic mass is 31.2. The second-order valence-corrected chi connectivity index (χ2v) is 5.15. The Hall–Kier alpha value is 0.310. The Morgan fingerprint density at radius 2 is 1.44 bits per heavy atom. The molecule has 0 amide bonds. The van der Waals surface area contributed by atoms with Crippen LogP contribution >= 0.6 is 8.60 Å². The first-order valence-electron chi connectivity index (χ1n) is 6.51. The first kappa shape index (κ1) is 16.3. The maximum Gasteiger partial charge on any atom is 0.327 e. The molecule has 0 rings (SSSR count). The Kier molecular flexibility index (Phi) is 12.0. The first-order chi connectivity index (χ1) is 7.66. The van der Waals surface area contributed by atoms with Crippen LogP contribution in [-0.4, -0.2) is 15.9 Å². The van der Waals surface area contributed by atoms with E-state index >= 15 is 0 Å². The largest absolute Gasteiger partial charge is 0.328 e. The smallest absolute Gasteiger partial charge is 0.327 e. The third kappa shape index (κ3) is 12.4. The molecule has 0 heterocycles. The number of hydrogen-bond donors (Lipinski definition) is 2. The van der Waals surface area contributed by atoms with E-state index in [1.54, 1.807) is 0 Å². The summed E-state index contributed by atoms with van der Waals surface area (Å²) < 4.78 is 4.89. The molecule has 0 aliphatic rings. The van der Waals surface area contributed by atoms with Crippen molar-refractivity contribution >= 4 is 8.60 Å². The van der Waals surface area contributed by atoms with Crippen LogP contribution in [-0.2, 0) is 4.52 Å². The van der Waals surface area contributed by atoms with Crippen LogP contribution in [0.15, 0.2) is 0 Å². The molecule has 1 unspecified atom stereocenters. The summed E-state index contributed by atoms with van der Waals surface area (Å²) in [5, 5.41) is 0. The highest BCUT2D eigenvalue weighted by Crippen LogP contribution is 2.28. The van der Waals surface area contributed by atoms with Crippen molar-refractivity contribution in [2.45, 2.75) is 77.7 Å². The normalized spacial score (nSPS) is 13.3. The van der Waals surface area contributed by atoms with Crippen LogP contribution in [0.4, 0.5) is 0 Å². The summed E-state index contributed by atoms with van der Waals surface area (Å²) in [5.41, 5.74) is 0. The molecule has 0 bridgehead atoms. The van der Waals surface area contributed by atoms with Gasteiger partial charge in [-0.3, -0.25) is 0 Å². The Balaban J connectivity index is 3.08. The van der Waals surface area contributed by atoms with Gasteiger partial charge in [0, 0.05) is 0 Å². The third-order valence-corrected chi connectivity index (χ3v) is 3.29. The molecule has 0 aliphatic carbocycles. The predicted octanol–water partition coefficient (Wildman–Crippen LogP) is 4.13. The van der Waals surface area contributed by atoms with Crippen LogP contribution in [0.3, 0.4) is 0 Å². The minimum atomic E-state index is -2.17. The summed E-state index contributed by atoms with van der Waals surface area (Å²) in [6, 6.07) is 0. The molecule has 0 fully saturated rings. The summed E-state index contributed by atoms with van der Waals surface area (Å²) in [6.07, 6.45) is 11.3. The fraction of sp³-hybridized carbons (Fsp3) is 1.00. The van der Waals surface area contributed by atoms with Crippen LogP contribution in [0.1, 0.15) is 71.6 Å².